The summed E-state index contributed by atoms with van der Waals surface area (Å²) in [4.78, 5) is 0. The van der Waals surface area contributed by atoms with Crippen LogP contribution in [0.2, 0.25) is 0 Å². The monoisotopic (exact) mass is 251 g/mol. The summed E-state index contributed by atoms with van der Waals surface area (Å²) < 4.78 is 0.845. The number of benzene rings is 1. The maximum atomic E-state index is 8.74. The van der Waals surface area contributed by atoms with E-state index in [1.54, 1.807) is 0 Å². The number of hydrogen-bond donors (Lipinski definition) is 2. The van der Waals surface area contributed by atoms with Gasteiger partial charge in [-0.15, -0.1) is 0 Å². The number of rotatable bonds is 2. The average Bonchev–Trinajstić information content (AvgIpc) is 2.12. The molecule has 0 atom stereocenters. The molecular weight excluding hydrogens is 242 g/mol. The summed E-state index contributed by atoms with van der Waals surface area (Å²) in [5, 5.41) is 15.3. The summed E-state index contributed by atoms with van der Waals surface area (Å²) in [6.07, 6.45) is 0. The number of nitrogens with zero attached hydrogens (tertiary/aromatic N) is 1. The van der Waals surface area contributed by atoms with Crippen LogP contribution in [-0.4, -0.2) is 19.1 Å². The van der Waals surface area contributed by atoms with E-state index in [2.05, 4.69) is 32.6 Å². The van der Waals surface area contributed by atoms with Gasteiger partial charge in [0.2, 0.25) is 0 Å². The van der Waals surface area contributed by atoms with E-state index in [-0.39, 0.29) is 0 Å². The maximum Gasteiger partial charge on any atom is 0.100 e. The van der Waals surface area contributed by atoms with Crippen LogP contribution >= 0.6 is 15.9 Å². The van der Waals surface area contributed by atoms with Crippen molar-refractivity contribution in [1.29, 1.82) is 5.26 Å². The minimum atomic E-state index is 0.523. The minimum absolute atomic E-state index is 0.523. The van der Waals surface area contributed by atoms with E-state index in [0.29, 0.717) is 11.6 Å². The molecule has 1 aromatic carbocycles. The van der Waals surface area contributed by atoms with E-state index < -0.39 is 0 Å². The van der Waals surface area contributed by atoms with Crippen LogP contribution in [0.1, 0.15) is 5.56 Å². The van der Waals surface area contributed by atoms with Crippen molar-refractivity contribution in [3.05, 3.63) is 28.2 Å². The molecule has 1 aliphatic heterocycles. The van der Waals surface area contributed by atoms with Gasteiger partial charge in [0.25, 0.3) is 0 Å². The van der Waals surface area contributed by atoms with Gasteiger partial charge in [0.1, 0.15) is 6.07 Å². The molecular formula is C10H10BrN3. The zero-order chi connectivity index (χ0) is 9.97. The van der Waals surface area contributed by atoms with Crippen molar-refractivity contribution >= 4 is 21.6 Å². The molecule has 0 amide bonds. The lowest BCUT2D eigenvalue weighted by molar-refractivity contribution is 0.472. The fourth-order valence-electron chi connectivity index (χ4n) is 1.32. The summed E-state index contributed by atoms with van der Waals surface area (Å²) in [7, 11) is 0. The highest BCUT2D eigenvalue weighted by molar-refractivity contribution is 9.10. The molecule has 1 aromatic rings. The Morgan fingerprint density at radius 1 is 1.50 bits per heavy atom. The molecule has 3 nitrogen and oxygen atoms in total. The van der Waals surface area contributed by atoms with Gasteiger partial charge in [-0.05, 0) is 34.1 Å². The quantitative estimate of drug-likeness (QED) is 0.842. The van der Waals surface area contributed by atoms with Crippen molar-refractivity contribution in [2.75, 3.05) is 18.4 Å². The molecule has 0 radical (unpaired) electrons. The minimum Gasteiger partial charge on any atom is -0.380 e. The van der Waals surface area contributed by atoms with Gasteiger partial charge in [0.15, 0.2) is 0 Å². The number of halogens is 1. The maximum absolute atomic E-state index is 8.74. The highest BCUT2D eigenvalue weighted by Crippen LogP contribution is 2.21. The van der Waals surface area contributed by atoms with E-state index >= 15 is 0 Å². The smallest absolute Gasteiger partial charge is 0.100 e. The summed E-state index contributed by atoms with van der Waals surface area (Å²) in [5.41, 5.74) is 1.73. The zero-order valence-corrected chi connectivity index (χ0v) is 9.13. The summed E-state index contributed by atoms with van der Waals surface area (Å²) in [6, 6.07) is 8.33. The molecule has 1 fully saturated rings. The third-order valence-electron chi connectivity index (χ3n) is 2.24. The Labute approximate surface area is 91.2 Å². The van der Waals surface area contributed by atoms with Crippen molar-refractivity contribution in [2.45, 2.75) is 6.04 Å². The topological polar surface area (TPSA) is 47.9 Å². The Morgan fingerprint density at radius 2 is 2.29 bits per heavy atom. The molecule has 2 N–H and O–H groups in total. The lowest BCUT2D eigenvalue weighted by atomic mass is 10.1. The van der Waals surface area contributed by atoms with Crippen molar-refractivity contribution in [3.63, 3.8) is 0 Å². The van der Waals surface area contributed by atoms with E-state index in [1.807, 2.05) is 18.2 Å². The summed E-state index contributed by atoms with van der Waals surface area (Å²) in [5.74, 6) is 0. The van der Waals surface area contributed by atoms with Crippen LogP contribution in [0.3, 0.4) is 0 Å². The lowest BCUT2D eigenvalue weighted by Crippen LogP contribution is -2.51. The molecule has 1 saturated heterocycles. The molecule has 0 bridgehead atoms. The normalized spacial score (nSPS) is 15.7. The molecule has 72 valence electrons. The second-order valence-electron chi connectivity index (χ2n) is 3.31. The predicted molar refractivity (Wildman–Crippen MR) is 59.1 cm³/mol. The molecule has 1 heterocycles. The molecule has 4 heteroatoms. The van der Waals surface area contributed by atoms with Crippen LogP contribution in [0.25, 0.3) is 0 Å². The Kier molecular flexibility index (Phi) is 2.71. The van der Waals surface area contributed by atoms with Gasteiger partial charge in [-0.2, -0.15) is 5.26 Å². The van der Waals surface area contributed by atoms with Crippen molar-refractivity contribution < 1.29 is 0 Å². The number of nitriles is 1. The van der Waals surface area contributed by atoms with Gasteiger partial charge >= 0.3 is 0 Å². The van der Waals surface area contributed by atoms with Crippen LogP contribution < -0.4 is 10.6 Å². The van der Waals surface area contributed by atoms with Gasteiger partial charge in [0.05, 0.1) is 11.6 Å². The number of anilines is 1. The molecule has 0 spiro atoms. The summed E-state index contributed by atoms with van der Waals surface area (Å²) in [6.45, 7) is 2.02. The Balaban J connectivity index is 2.12. The zero-order valence-electron chi connectivity index (χ0n) is 7.55. The first kappa shape index (κ1) is 9.50. The first-order valence-corrected chi connectivity index (χ1v) is 5.26. The predicted octanol–water partition coefficient (Wildman–Crippen LogP) is 1.70. The van der Waals surface area contributed by atoms with Gasteiger partial charge in [-0.3, -0.25) is 0 Å². The SMILES string of the molecule is N#Cc1ccc(NC2CNC2)cc1Br. The largest absolute Gasteiger partial charge is 0.380 e. The first-order valence-electron chi connectivity index (χ1n) is 4.46. The fourth-order valence-corrected chi connectivity index (χ4v) is 1.79. The van der Waals surface area contributed by atoms with E-state index in [1.165, 1.54) is 0 Å². The van der Waals surface area contributed by atoms with Gasteiger partial charge in [-0.25, -0.2) is 0 Å². The standard InChI is InChI=1S/C10H10BrN3/c11-10-3-8(2-1-7(10)4-12)14-9-5-13-6-9/h1-3,9,13-14H,5-6H2. The molecule has 0 unspecified atom stereocenters. The molecule has 14 heavy (non-hydrogen) atoms. The number of hydrogen-bond acceptors (Lipinski definition) is 3. The van der Waals surface area contributed by atoms with Crippen LogP contribution in [0.15, 0.2) is 22.7 Å². The van der Waals surface area contributed by atoms with Crippen LogP contribution in [0.5, 0.6) is 0 Å². The van der Waals surface area contributed by atoms with Crippen molar-refractivity contribution in [2.24, 2.45) is 0 Å². The second kappa shape index (κ2) is 3.99. The lowest BCUT2D eigenvalue weighted by Gasteiger charge is -2.29. The molecule has 2 rings (SSSR count). The summed E-state index contributed by atoms with van der Waals surface area (Å²) >= 11 is 3.36. The van der Waals surface area contributed by atoms with Crippen LogP contribution in [0, 0.1) is 11.3 Å². The Morgan fingerprint density at radius 3 is 2.79 bits per heavy atom. The van der Waals surface area contributed by atoms with E-state index in [4.69, 9.17) is 5.26 Å². The highest BCUT2D eigenvalue weighted by atomic mass is 79.9. The van der Waals surface area contributed by atoms with E-state index in [9.17, 15) is 0 Å². The average molecular weight is 252 g/mol. The molecule has 0 aliphatic carbocycles. The van der Waals surface area contributed by atoms with Crippen molar-refractivity contribution in [3.8, 4) is 6.07 Å². The third kappa shape index (κ3) is 1.89. The molecule has 0 saturated carbocycles. The number of nitrogens with one attached hydrogen (secondary N) is 2. The van der Waals surface area contributed by atoms with Crippen LogP contribution in [-0.2, 0) is 0 Å². The van der Waals surface area contributed by atoms with Gasteiger partial charge in [0, 0.05) is 23.2 Å². The van der Waals surface area contributed by atoms with Gasteiger partial charge in [-0.1, -0.05) is 0 Å². The second-order valence-corrected chi connectivity index (χ2v) is 4.16. The first-order chi connectivity index (χ1) is 6.79. The van der Waals surface area contributed by atoms with Gasteiger partial charge < -0.3 is 10.6 Å². The van der Waals surface area contributed by atoms with E-state index in [0.717, 1.165) is 23.2 Å². The Hall–Kier alpha value is -1.05. The third-order valence-corrected chi connectivity index (χ3v) is 2.90. The molecule has 1 aliphatic rings. The van der Waals surface area contributed by atoms with Crippen molar-refractivity contribution in [1.82, 2.24) is 5.32 Å². The van der Waals surface area contributed by atoms with Crippen LogP contribution in [0.4, 0.5) is 5.69 Å². The Bertz CT molecular complexity index is 379. The fraction of sp³-hybridized carbons (Fsp3) is 0.300. The molecule has 0 aromatic heterocycles. The highest BCUT2D eigenvalue weighted by Gasteiger charge is 2.15.